The van der Waals surface area contributed by atoms with Crippen molar-refractivity contribution in [2.75, 3.05) is 32.8 Å². The van der Waals surface area contributed by atoms with Crippen molar-refractivity contribution in [3.05, 3.63) is 59.7 Å². The first-order valence-corrected chi connectivity index (χ1v) is 13.3. The summed E-state index contributed by atoms with van der Waals surface area (Å²) in [6, 6.07) is 15.3. The minimum atomic E-state index is -0.865. The van der Waals surface area contributed by atoms with E-state index in [1.165, 1.54) is 7.11 Å². The van der Waals surface area contributed by atoms with Crippen LogP contribution in [0.15, 0.2) is 48.5 Å². The van der Waals surface area contributed by atoms with Crippen LogP contribution in [0.4, 0.5) is 4.79 Å². The van der Waals surface area contributed by atoms with Crippen molar-refractivity contribution in [1.82, 2.24) is 0 Å². The van der Waals surface area contributed by atoms with Crippen LogP contribution in [0, 0.1) is 0 Å². The van der Waals surface area contributed by atoms with E-state index in [-0.39, 0.29) is 49.9 Å². The van der Waals surface area contributed by atoms with Crippen molar-refractivity contribution in [2.24, 2.45) is 0 Å². The molecule has 2 aromatic rings. The number of alkyl halides is 1. The van der Waals surface area contributed by atoms with E-state index in [4.69, 9.17) is 35.3 Å². The summed E-state index contributed by atoms with van der Waals surface area (Å²) in [5.41, 5.74) is 1.81. The number of carbonyl (C=O) groups excluding carboxylic acids is 3. The van der Waals surface area contributed by atoms with Gasteiger partial charge in [0.25, 0.3) is 0 Å². The SMILES string of the molecule is CCC(=O)O[C@H](COC(=O)OC)COc1ccc(C(C)(C)c2ccc(OC[C@H](CCl)OC(=O)CC)cc2)cc1. The number of esters is 2. The molecule has 0 saturated heterocycles. The van der Waals surface area contributed by atoms with E-state index in [0.29, 0.717) is 11.5 Å². The van der Waals surface area contributed by atoms with Gasteiger partial charge in [0.2, 0.25) is 0 Å². The van der Waals surface area contributed by atoms with E-state index in [0.717, 1.165) is 11.1 Å². The zero-order chi connectivity index (χ0) is 28.8. The summed E-state index contributed by atoms with van der Waals surface area (Å²) in [4.78, 5) is 34.5. The van der Waals surface area contributed by atoms with Crippen molar-refractivity contribution < 1.29 is 42.8 Å². The van der Waals surface area contributed by atoms with Crippen LogP contribution in [0.5, 0.6) is 11.5 Å². The summed E-state index contributed by atoms with van der Waals surface area (Å²) in [6.07, 6.45) is -1.67. The van der Waals surface area contributed by atoms with E-state index in [1.807, 2.05) is 48.5 Å². The Bertz CT molecular complexity index is 1050. The first-order valence-electron chi connectivity index (χ1n) is 12.7. The van der Waals surface area contributed by atoms with Crippen LogP contribution in [0.3, 0.4) is 0 Å². The first-order chi connectivity index (χ1) is 18.6. The highest BCUT2D eigenvalue weighted by molar-refractivity contribution is 6.18. The van der Waals surface area contributed by atoms with Crippen LogP contribution >= 0.6 is 11.6 Å². The molecule has 0 spiro atoms. The zero-order valence-corrected chi connectivity index (χ0v) is 23.8. The second-order valence-electron chi connectivity index (χ2n) is 9.15. The van der Waals surface area contributed by atoms with Gasteiger partial charge in [-0.15, -0.1) is 11.6 Å². The molecule has 9 nitrogen and oxygen atoms in total. The molecule has 2 atom stereocenters. The molecule has 0 aliphatic heterocycles. The monoisotopic (exact) mass is 564 g/mol. The number of benzene rings is 2. The van der Waals surface area contributed by atoms with Crippen molar-refractivity contribution >= 4 is 29.7 Å². The number of rotatable bonds is 15. The Morgan fingerprint density at radius 2 is 1.18 bits per heavy atom. The maximum absolute atomic E-state index is 11.7. The minimum Gasteiger partial charge on any atom is -0.490 e. The van der Waals surface area contributed by atoms with Crippen molar-refractivity contribution in [1.29, 1.82) is 0 Å². The summed E-state index contributed by atoms with van der Waals surface area (Å²) in [5.74, 6) is 0.638. The minimum absolute atomic E-state index is 0.00908. The third kappa shape index (κ3) is 10.3. The predicted octanol–water partition coefficient (Wildman–Crippen LogP) is 5.44. The van der Waals surface area contributed by atoms with Crippen molar-refractivity contribution in [3.63, 3.8) is 0 Å². The second kappa shape index (κ2) is 15.8. The van der Waals surface area contributed by atoms with Crippen molar-refractivity contribution in [3.8, 4) is 11.5 Å². The van der Waals surface area contributed by atoms with Crippen molar-refractivity contribution in [2.45, 2.75) is 58.2 Å². The van der Waals surface area contributed by atoms with Gasteiger partial charge in [-0.1, -0.05) is 52.0 Å². The van der Waals surface area contributed by atoms with Crippen LogP contribution in [-0.4, -0.2) is 63.1 Å². The molecule has 0 amide bonds. The molecule has 0 saturated carbocycles. The van der Waals surface area contributed by atoms with Gasteiger partial charge < -0.3 is 28.4 Å². The molecule has 0 N–H and O–H groups in total. The molecule has 0 aliphatic carbocycles. The predicted molar refractivity (Wildman–Crippen MR) is 145 cm³/mol. The lowest BCUT2D eigenvalue weighted by molar-refractivity contribution is -0.153. The summed E-state index contributed by atoms with van der Waals surface area (Å²) >= 11 is 5.88. The zero-order valence-electron chi connectivity index (χ0n) is 23.1. The van der Waals surface area contributed by atoms with Crippen LogP contribution in [0.1, 0.15) is 51.7 Å². The van der Waals surface area contributed by atoms with Crippen LogP contribution < -0.4 is 9.47 Å². The average molecular weight is 565 g/mol. The van der Waals surface area contributed by atoms with E-state index < -0.39 is 24.3 Å². The highest BCUT2D eigenvalue weighted by Crippen LogP contribution is 2.33. The third-order valence-corrected chi connectivity index (χ3v) is 6.27. The quantitative estimate of drug-likeness (QED) is 0.159. The molecular weight excluding hydrogens is 528 g/mol. The lowest BCUT2D eigenvalue weighted by atomic mass is 9.78. The second-order valence-corrected chi connectivity index (χ2v) is 9.45. The maximum Gasteiger partial charge on any atom is 0.508 e. The normalized spacial score (nSPS) is 12.6. The molecule has 0 aromatic heterocycles. The Hall–Kier alpha value is -3.46. The molecule has 2 rings (SSSR count). The van der Waals surface area contributed by atoms with Crippen LogP contribution in [0.2, 0.25) is 0 Å². The van der Waals surface area contributed by atoms with Gasteiger partial charge in [-0.2, -0.15) is 0 Å². The Balaban J connectivity index is 1.99. The number of methoxy groups -OCH3 is 1. The average Bonchev–Trinajstić information content (AvgIpc) is 2.96. The summed E-state index contributed by atoms with van der Waals surface area (Å²) in [5, 5.41) is 0. The van der Waals surface area contributed by atoms with Gasteiger partial charge in [-0.3, -0.25) is 9.59 Å². The number of halogens is 1. The fraction of sp³-hybridized carbons (Fsp3) is 0.483. The third-order valence-electron chi connectivity index (χ3n) is 5.92. The topological polar surface area (TPSA) is 107 Å². The Labute approximate surface area is 234 Å². The number of ether oxygens (including phenoxy) is 6. The molecule has 2 aromatic carbocycles. The summed E-state index contributed by atoms with van der Waals surface area (Å²) < 4.78 is 31.4. The lowest BCUT2D eigenvalue weighted by Crippen LogP contribution is -2.30. The molecule has 0 aliphatic rings. The standard InChI is InChI=1S/C29H37ClO9/c1-6-26(31)38-24(16-30)17-35-22-12-8-20(9-13-22)29(3,4)21-10-14-23(15-11-21)36-18-25(39-27(32)7-2)19-37-28(33)34-5/h8-15,24-25H,6-7,16-19H2,1-5H3/t24-,25-/m0/s1. The number of hydrogen-bond donors (Lipinski definition) is 0. The molecule has 214 valence electrons. The van der Waals surface area contributed by atoms with E-state index in [1.54, 1.807) is 13.8 Å². The van der Waals surface area contributed by atoms with Crippen LogP contribution in [0.25, 0.3) is 0 Å². The molecule has 0 radical (unpaired) electrons. The summed E-state index contributed by atoms with van der Waals surface area (Å²) in [6.45, 7) is 7.62. The molecule has 39 heavy (non-hydrogen) atoms. The van der Waals surface area contributed by atoms with Gasteiger partial charge in [0, 0.05) is 18.3 Å². The van der Waals surface area contributed by atoms with E-state index in [9.17, 15) is 14.4 Å². The van der Waals surface area contributed by atoms with E-state index >= 15 is 0 Å². The van der Waals surface area contributed by atoms with E-state index in [2.05, 4.69) is 18.6 Å². The van der Waals surface area contributed by atoms with Gasteiger partial charge >= 0.3 is 18.1 Å². The Morgan fingerprint density at radius 1 is 0.744 bits per heavy atom. The van der Waals surface area contributed by atoms with Gasteiger partial charge in [0.15, 0.2) is 6.10 Å². The fourth-order valence-corrected chi connectivity index (χ4v) is 3.62. The Kier molecular flexibility index (Phi) is 12.9. The molecule has 0 bridgehead atoms. The molecule has 10 heteroatoms. The smallest absolute Gasteiger partial charge is 0.490 e. The molecule has 0 heterocycles. The molecule has 0 unspecified atom stereocenters. The number of hydrogen-bond acceptors (Lipinski definition) is 9. The number of carbonyl (C=O) groups is 3. The maximum atomic E-state index is 11.7. The summed E-state index contributed by atoms with van der Waals surface area (Å²) in [7, 11) is 1.20. The first kappa shape index (κ1) is 31.8. The Morgan fingerprint density at radius 3 is 1.59 bits per heavy atom. The highest BCUT2D eigenvalue weighted by Gasteiger charge is 2.24. The molecular formula is C29H37ClO9. The van der Waals surface area contributed by atoms with Gasteiger partial charge in [-0.25, -0.2) is 4.79 Å². The lowest BCUT2D eigenvalue weighted by Gasteiger charge is -2.27. The van der Waals surface area contributed by atoms with Gasteiger partial charge in [-0.05, 0) is 35.4 Å². The molecule has 0 fully saturated rings. The van der Waals surface area contributed by atoms with Gasteiger partial charge in [0.05, 0.1) is 13.0 Å². The van der Waals surface area contributed by atoms with Gasteiger partial charge in [0.1, 0.15) is 37.4 Å². The largest absolute Gasteiger partial charge is 0.508 e. The van der Waals surface area contributed by atoms with Crippen LogP contribution in [-0.2, 0) is 34.0 Å². The highest BCUT2D eigenvalue weighted by atomic mass is 35.5. The fourth-order valence-electron chi connectivity index (χ4n) is 3.47.